The van der Waals surface area contributed by atoms with E-state index in [1.54, 1.807) is 11.9 Å². The number of hydrogen-bond donors (Lipinski definition) is 1. The third-order valence-corrected chi connectivity index (χ3v) is 1.97. The first-order chi connectivity index (χ1) is 6.13. The van der Waals surface area contributed by atoms with Gasteiger partial charge in [-0.2, -0.15) is 0 Å². The molecular weight excluding hydrogens is 164 g/mol. The number of amides is 1. The maximum atomic E-state index is 10.4. The quantitative estimate of drug-likeness (QED) is 0.557. The van der Waals surface area contributed by atoms with E-state index in [0.29, 0.717) is 6.54 Å². The number of nitrogens with two attached hydrogens (primary N) is 1. The van der Waals surface area contributed by atoms with Crippen molar-refractivity contribution in [3.05, 3.63) is 29.3 Å². The van der Waals surface area contributed by atoms with Gasteiger partial charge in [-0.15, -0.1) is 0 Å². The van der Waals surface area contributed by atoms with E-state index in [2.05, 4.69) is 0 Å². The Kier molecular flexibility index (Phi) is 2.90. The molecule has 0 fully saturated rings. The van der Waals surface area contributed by atoms with Crippen molar-refractivity contribution in [2.24, 2.45) is 0 Å². The molecule has 0 aromatic heterocycles. The van der Waals surface area contributed by atoms with E-state index in [1.807, 2.05) is 25.1 Å². The van der Waals surface area contributed by atoms with E-state index in [1.165, 1.54) is 0 Å². The fourth-order valence-corrected chi connectivity index (χ4v) is 1.20. The van der Waals surface area contributed by atoms with Gasteiger partial charge in [-0.1, -0.05) is 6.07 Å². The predicted octanol–water partition coefficient (Wildman–Crippen LogP) is 1.17. The van der Waals surface area contributed by atoms with Crippen LogP contribution in [0.2, 0.25) is 0 Å². The second kappa shape index (κ2) is 3.94. The van der Waals surface area contributed by atoms with Crippen LogP contribution in [-0.2, 0) is 11.3 Å². The van der Waals surface area contributed by atoms with Crippen LogP contribution < -0.4 is 5.73 Å². The fourth-order valence-electron chi connectivity index (χ4n) is 1.20. The first kappa shape index (κ1) is 9.58. The number of hydrogen-bond acceptors (Lipinski definition) is 2. The number of anilines is 1. The van der Waals surface area contributed by atoms with Crippen molar-refractivity contribution >= 4 is 12.1 Å². The summed E-state index contributed by atoms with van der Waals surface area (Å²) in [4.78, 5) is 12.0. The van der Waals surface area contributed by atoms with Crippen LogP contribution in [0.15, 0.2) is 18.2 Å². The standard InChI is InChI=1S/C10H14N2O/c1-8-5-10(11)4-3-9(8)6-12(2)7-13/h3-5,7H,6,11H2,1-2H3. The normalized spacial score (nSPS) is 9.69. The number of carbonyl (C=O) groups excluding carboxylic acids is 1. The molecule has 1 amide bonds. The summed E-state index contributed by atoms with van der Waals surface area (Å²) in [6.45, 7) is 2.62. The van der Waals surface area contributed by atoms with Crippen molar-refractivity contribution in [2.45, 2.75) is 13.5 Å². The summed E-state index contributed by atoms with van der Waals surface area (Å²) in [6, 6.07) is 5.71. The third-order valence-electron chi connectivity index (χ3n) is 1.97. The number of rotatable bonds is 3. The molecule has 0 saturated heterocycles. The number of carbonyl (C=O) groups is 1. The summed E-state index contributed by atoms with van der Waals surface area (Å²) in [5.74, 6) is 0. The Morgan fingerprint density at radius 3 is 2.77 bits per heavy atom. The van der Waals surface area contributed by atoms with Crippen molar-refractivity contribution in [3.8, 4) is 0 Å². The van der Waals surface area contributed by atoms with Crippen LogP contribution in [0.25, 0.3) is 0 Å². The number of benzene rings is 1. The van der Waals surface area contributed by atoms with E-state index in [4.69, 9.17) is 5.73 Å². The Bertz CT molecular complexity index is 310. The lowest BCUT2D eigenvalue weighted by molar-refractivity contribution is -0.117. The Morgan fingerprint density at radius 2 is 2.23 bits per heavy atom. The second-order valence-corrected chi connectivity index (χ2v) is 3.21. The molecule has 0 unspecified atom stereocenters. The van der Waals surface area contributed by atoms with E-state index < -0.39 is 0 Å². The van der Waals surface area contributed by atoms with E-state index >= 15 is 0 Å². The molecule has 3 heteroatoms. The number of nitrogens with zero attached hydrogens (tertiary/aromatic N) is 1. The maximum Gasteiger partial charge on any atom is 0.209 e. The van der Waals surface area contributed by atoms with Crippen molar-refractivity contribution in [2.75, 3.05) is 12.8 Å². The molecule has 0 heterocycles. The van der Waals surface area contributed by atoms with Crippen LogP contribution in [0.3, 0.4) is 0 Å². The van der Waals surface area contributed by atoms with Gasteiger partial charge < -0.3 is 10.6 Å². The van der Waals surface area contributed by atoms with Crippen LogP contribution in [0.4, 0.5) is 5.69 Å². The largest absolute Gasteiger partial charge is 0.399 e. The summed E-state index contributed by atoms with van der Waals surface area (Å²) in [5, 5.41) is 0. The van der Waals surface area contributed by atoms with Crippen molar-refractivity contribution in [3.63, 3.8) is 0 Å². The lowest BCUT2D eigenvalue weighted by atomic mass is 10.1. The van der Waals surface area contributed by atoms with Gasteiger partial charge in [-0.25, -0.2) is 0 Å². The number of aryl methyl sites for hydroxylation is 1. The van der Waals surface area contributed by atoms with E-state index in [9.17, 15) is 4.79 Å². The highest BCUT2D eigenvalue weighted by molar-refractivity contribution is 5.48. The van der Waals surface area contributed by atoms with Crippen molar-refractivity contribution < 1.29 is 4.79 Å². The van der Waals surface area contributed by atoms with E-state index in [0.717, 1.165) is 23.2 Å². The smallest absolute Gasteiger partial charge is 0.209 e. The van der Waals surface area contributed by atoms with Gasteiger partial charge in [0.1, 0.15) is 0 Å². The first-order valence-corrected chi connectivity index (χ1v) is 4.14. The molecule has 0 radical (unpaired) electrons. The van der Waals surface area contributed by atoms with Crippen molar-refractivity contribution in [1.29, 1.82) is 0 Å². The molecule has 0 saturated carbocycles. The molecule has 2 N–H and O–H groups in total. The lowest BCUT2D eigenvalue weighted by Gasteiger charge is -2.12. The molecule has 0 spiro atoms. The highest BCUT2D eigenvalue weighted by Gasteiger charge is 2.00. The third kappa shape index (κ3) is 2.47. The first-order valence-electron chi connectivity index (χ1n) is 4.14. The Labute approximate surface area is 78.2 Å². The van der Waals surface area contributed by atoms with Gasteiger partial charge in [0.15, 0.2) is 0 Å². The summed E-state index contributed by atoms with van der Waals surface area (Å²) in [5.41, 5.74) is 8.61. The Morgan fingerprint density at radius 1 is 1.54 bits per heavy atom. The van der Waals surface area contributed by atoms with Crippen molar-refractivity contribution in [1.82, 2.24) is 4.90 Å². The van der Waals surface area contributed by atoms with Crippen LogP contribution >= 0.6 is 0 Å². The maximum absolute atomic E-state index is 10.4. The minimum Gasteiger partial charge on any atom is -0.399 e. The zero-order valence-corrected chi connectivity index (χ0v) is 7.95. The molecule has 0 aliphatic carbocycles. The van der Waals surface area contributed by atoms with Gasteiger partial charge in [0.25, 0.3) is 0 Å². The highest BCUT2D eigenvalue weighted by Crippen LogP contribution is 2.13. The molecule has 1 rings (SSSR count). The summed E-state index contributed by atoms with van der Waals surface area (Å²) >= 11 is 0. The molecule has 0 aliphatic heterocycles. The minimum atomic E-state index is 0.635. The van der Waals surface area contributed by atoms with Crippen LogP contribution in [0.1, 0.15) is 11.1 Å². The van der Waals surface area contributed by atoms with Gasteiger partial charge >= 0.3 is 0 Å². The van der Waals surface area contributed by atoms with Crippen LogP contribution in [0, 0.1) is 6.92 Å². The fraction of sp³-hybridized carbons (Fsp3) is 0.300. The lowest BCUT2D eigenvalue weighted by Crippen LogP contribution is -2.15. The van der Waals surface area contributed by atoms with Gasteiger partial charge in [0.05, 0.1) is 0 Å². The Hall–Kier alpha value is -1.51. The molecular formula is C10H14N2O. The zero-order valence-electron chi connectivity index (χ0n) is 7.95. The van der Waals surface area contributed by atoms with Crippen LogP contribution in [0.5, 0.6) is 0 Å². The molecule has 1 aromatic rings. The van der Waals surface area contributed by atoms with Gasteiger partial charge in [0.2, 0.25) is 6.41 Å². The number of nitrogen functional groups attached to an aromatic ring is 1. The summed E-state index contributed by atoms with van der Waals surface area (Å²) in [7, 11) is 1.75. The van der Waals surface area contributed by atoms with Crippen LogP contribution in [-0.4, -0.2) is 18.4 Å². The molecule has 0 aliphatic rings. The SMILES string of the molecule is Cc1cc(N)ccc1CN(C)C=O. The zero-order chi connectivity index (χ0) is 9.84. The summed E-state index contributed by atoms with van der Waals surface area (Å²) in [6.07, 6.45) is 0.815. The van der Waals surface area contributed by atoms with Gasteiger partial charge in [0, 0.05) is 19.3 Å². The topological polar surface area (TPSA) is 46.3 Å². The molecule has 70 valence electrons. The monoisotopic (exact) mass is 178 g/mol. The molecule has 13 heavy (non-hydrogen) atoms. The molecule has 3 nitrogen and oxygen atoms in total. The van der Waals surface area contributed by atoms with Gasteiger partial charge in [-0.05, 0) is 30.2 Å². The minimum absolute atomic E-state index is 0.635. The predicted molar refractivity (Wildman–Crippen MR) is 53.1 cm³/mol. The Balaban J connectivity index is 2.83. The molecule has 0 atom stereocenters. The average molecular weight is 178 g/mol. The molecule has 0 bridgehead atoms. The highest BCUT2D eigenvalue weighted by atomic mass is 16.1. The van der Waals surface area contributed by atoms with Gasteiger partial charge in [-0.3, -0.25) is 4.79 Å². The summed E-state index contributed by atoms with van der Waals surface area (Å²) < 4.78 is 0. The average Bonchev–Trinajstić information content (AvgIpc) is 2.09. The molecule has 1 aromatic carbocycles. The van der Waals surface area contributed by atoms with E-state index in [-0.39, 0.29) is 0 Å². The second-order valence-electron chi connectivity index (χ2n) is 3.21.